The molecule has 17 heavy (non-hydrogen) atoms. The number of rotatable bonds is 2. The van der Waals surface area contributed by atoms with Gasteiger partial charge in [0.2, 0.25) is 0 Å². The van der Waals surface area contributed by atoms with Crippen molar-refractivity contribution in [2.45, 2.75) is 20.4 Å². The van der Waals surface area contributed by atoms with Gasteiger partial charge in [0, 0.05) is 34.0 Å². The Labute approximate surface area is 109 Å². The second kappa shape index (κ2) is 4.94. The van der Waals surface area contributed by atoms with Crippen LogP contribution in [-0.4, -0.2) is 9.97 Å². The molecular weight excluding hydrogens is 278 g/mol. The molecular formula is C13H14BrN3. The van der Waals surface area contributed by atoms with Gasteiger partial charge in [-0.1, -0.05) is 28.1 Å². The Morgan fingerprint density at radius 2 is 2.06 bits per heavy atom. The molecule has 2 rings (SSSR count). The van der Waals surface area contributed by atoms with E-state index in [2.05, 4.69) is 38.9 Å². The van der Waals surface area contributed by atoms with Crippen LogP contribution in [0.5, 0.6) is 0 Å². The van der Waals surface area contributed by atoms with Crippen LogP contribution in [0.2, 0.25) is 0 Å². The summed E-state index contributed by atoms with van der Waals surface area (Å²) in [5.74, 6) is 0.736. The Bertz CT molecular complexity index is 552. The van der Waals surface area contributed by atoms with Crippen molar-refractivity contribution in [3.05, 3.63) is 45.7 Å². The summed E-state index contributed by atoms with van der Waals surface area (Å²) >= 11 is 3.51. The van der Waals surface area contributed by atoms with Crippen LogP contribution in [0.1, 0.15) is 16.8 Å². The van der Waals surface area contributed by atoms with Crippen molar-refractivity contribution in [3.63, 3.8) is 0 Å². The van der Waals surface area contributed by atoms with Gasteiger partial charge in [-0.3, -0.25) is 0 Å². The Balaban J connectivity index is 2.46. The van der Waals surface area contributed by atoms with Gasteiger partial charge in [0.05, 0.1) is 0 Å². The Kier molecular flexibility index (Phi) is 3.54. The lowest BCUT2D eigenvalue weighted by atomic mass is 10.1. The van der Waals surface area contributed by atoms with Gasteiger partial charge >= 0.3 is 0 Å². The molecule has 3 nitrogen and oxygen atoms in total. The summed E-state index contributed by atoms with van der Waals surface area (Å²) in [6.07, 6.45) is 1.80. The fourth-order valence-electron chi connectivity index (χ4n) is 1.56. The quantitative estimate of drug-likeness (QED) is 0.925. The smallest absolute Gasteiger partial charge is 0.159 e. The molecule has 0 bridgehead atoms. The zero-order valence-electron chi connectivity index (χ0n) is 9.87. The molecule has 1 aromatic carbocycles. The maximum Gasteiger partial charge on any atom is 0.159 e. The summed E-state index contributed by atoms with van der Waals surface area (Å²) in [7, 11) is 0. The molecule has 0 fully saturated rings. The fourth-order valence-corrected chi connectivity index (χ4v) is 1.94. The predicted octanol–water partition coefficient (Wildman–Crippen LogP) is 2.98. The Hall–Kier alpha value is -1.26. The van der Waals surface area contributed by atoms with Gasteiger partial charge in [-0.2, -0.15) is 0 Å². The van der Waals surface area contributed by atoms with Crippen LogP contribution < -0.4 is 5.73 Å². The normalized spacial score (nSPS) is 10.6. The second-order valence-electron chi connectivity index (χ2n) is 3.97. The molecule has 0 spiro atoms. The van der Waals surface area contributed by atoms with Gasteiger partial charge in [0.15, 0.2) is 5.82 Å². The number of hydrogen-bond donors (Lipinski definition) is 1. The Morgan fingerprint density at radius 3 is 2.65 bits per heavy atom. The SMILES string of the molecule is Cc1ccc(-c2ncc(CN)c(C)n2)cc1Br. The molecule has 2 N–H and O–H groups in total. The number of aromatic nitrogens is 2. The van der Waals surface area contributed by atoms with Gasteiger partial charge in [-0.25, -0.2) is 9.97 Å². The van der Waals surface area contributed by atoms with Crippen molar-refractivity contribution in [1.29, 1.82) is 0 Å². The third-order valence-corrected chi connectivity index (χ3v) is 3.59. The van der Waals surface area contributed by atoms with Crippen molar-refractivity contribution >= 4 is 15.9 Å². The molecule has 0 radical (unpaired) electrons. The summed E-state index contributed by atoms with van der Waals surface area (Å²) in [5, 5.41) is 0. The van der Waals surface area contributed by atoms with E-state index in [4.69, 9.17) is 5.73 Å². The van der Waals surface area contributed by atoms with Gasteiger partial charge in [-0.05, 0) is 25.5 Å². The van der Waals surface area contributed by atoms with Crippen LogP contribution >= 0.6 is 15.9 Å². The van der Waals surface area contributed by atoms with Gasteiger partial charge < -0.3 is 5.73 Å². The van der Waals surface area contributed by atoms with E-state index in [1.807, 2.05) is 19.1 Å². The van der Waals surface area contributed by atoms with Crippen molar-refractivity contribution in [1.82, 2.24) is 9.97 Å². The molecule has 0 aliphatic heterocycles. The molecule has 0 unspecified atom stereocenters. The lowest BCUT2D eigenvalue weighted by Gasteiger charge is -2.06. The highest BCUT2D eigenvalue weighted by molar-refractivity contribution is 9.10. The Morgan fingerprint density at radius 1 is 1.29 bits per heavy atom. The third kappa shape index (κ3) is 2.53. The molecule has 0 atom stereocenters. The largest absolute Gasteiger partial charge is 0.326 e. The molecule has 0 aliphatic rings. The number of halogens is 1. The first-order chi connectivity index (χ1) is 8.11. The lowest BCUT2D eigenvalue weighted by Crippen LogP contribution is -2.03. The first-order valence-electron chi connectivity index (χ1n) is 5.41. The van der Waals surface area contributed by atoms with E-state index in [0.717, 1.165) is 27.1 Å². The highest BCUT2D eigenvalue weighted by atomic mass is 79.9. The summed E-state index contributed by atoms with van der Waals surface area (Å²) in [4.78, 5) is 8.81. The van der Waals surface area contributed by atoms with Gasteiger partial charge in [0.25, 0.3) is 0 Å². The van der Waals surface area contributed by atoms with E-state index in [0.29, 0.717) is 6.54 Å². The van der Waals surface area contributed by atoms with E-state index in [1.54, 1.807) is 6.20 Å². The number of nitrogens with two attached hydrogens (primary N) is 1. The number of aryl methyl sites for hydroxylation is 2. The summed E-state index contributed by atoms with van der Waals surface area (Å²) in [5.41, 5.74) is 9.73. The zero-order chi connectivity index (χ0) is 12.4. The van der Waals surface area contributed by atoms with Crippen molar-refractivity contribution < 1.29 is 0 Å². The zero-order valence-corrected chi connectivity index (χ0v) is 11.5. The second-order valence-corrected chi connectivity index (χ2v) is 4.83. The highest BCUT2D eigenvalue weighted by Gasteiger charge is 2.06. The van der Waals surface area contributed by atoms with E-state index >= 15 is 0 Å². The predicted molar refractivity (Wildman–Crippen MR) is 72.5 cm³/mol. The molecule has 0 aliphatic carbocycles. The topological polar surface area (TPSA) is 51.8 Å². The third-order valence-electron chi connectivity index (χ3n) is 2.73. The summed E-state index contributed by atoms with van der Waals surface area (Å²) in [6, 6.07) is 6.11. The summed E-state index contributed by atoms with van der Waals surface area (Å²) in [6.45, 7) is 4.48. The van der Waals surface area contributed by atoms with Gasteiger partial charge in [-0.15, -0.1) is 0 Å². The van der Waals surface area contributed by atoms with E-state index in [1.165, 1.54) is 5.56 Å². The van der Waals surface area contributed by atoms with Crippen LogP contribution in [0.15, 0.2) is 28.9 Å². The van der Waals surface area contributed by atoms with E-state index < -0.39 is 0 Å². The molecule has 0 saturated heterocycles. The number of hydrogen-bond acceptors (Lipinski definition) is 3. The van der Waals surface area contributed by atoms with Crippen LogP contribution in [0, 0.1) is 13.8 Å². The average molecular weight is 292 g/mol. The summed E-state index contributed by atoms with van der Waals surface area (Å²) < 4.78 is 1.07. The van der Waals surface area contributed by atoms with E-state index in [-0.39, 0.29) is 0 Å². The maximum atomic E-state index is 5.60. The minimum atomic E-state index is 0.476. The molecule has 0 amide bonds. The van der Waals surface area contributed by atoms with Gasteiger partial charge in [0.1, 0.15) is 0 Å². The first-order valence-corrected chi connectivity index (χ1v) is 6.20. The first kappa shape index (κ1) is 12.2. The lowest BCUT2D eigenvalue weighted by molar-refractivity contribution is 0.973. The molecule has 4 heteroatoms. The molecule has 88 valence electrons. The van der Waals surface area contributed by atoms with Crippen LogP contribution in [0.4, 0.5) is 0 Å². The molecule has 1 aromatic heterocycles. The molecule has 1 heterocycles. The van der Waals surface area contributed by atoms with Crippen LogP contribution in [-0.2, 0) is 6.54 Å². The number of benzene rings is 1. The van der Waals surface area contributed by atoms with Crippen molar-refractivity contribution in [2.24, 2.45) is 5.73 Å². The minimum Gasteiger partial charge on any atom is -0.326 e. The monoisotopic (exact) mass is 291 g/mol. The van der Waals surface area contributed by atoms with Crippen LogP contribution in [0.3, 0.4) is 0 Å². The highest BCUT2D eigenvalue weighted by Crippen LogP contribution is 2.23. The minimum absolute atomic E-state index is 0.476. The van der Waals surface area contributed by atoms with Crippen molar-refractivity contribution in [2.75, 3.05) is 0 Å². The standard InChI is InChI=1S/C13H14BrN3/c1-8-3-4-10(5-12(8)14)13-16-7-11(6-15)9(2)17-13/h3-5,7H,6,15H2,1-2H3. The average Bonchev–Trinajstić information content (AvgIpc) is 2.32. The molecule has 2 aromatic rings. The fraction of sp³-hybridized carbons (Fsp3) is 0.231. The maximum absolute atomic E-state index is 5.60. The van der Waals surface area contributed by atoms with Crippen LogP contribution in [0.25, 0.3) is 11.4 Å². The molecule has 0 saturated carbocycles. The van der Waals surface area contributed by atoms with E-state index in [9.17, 15) is 0 Å². The van der Waals surface area contributed by atoms with Crippen molar-refractivity contribution in [3.8, 4) is 11.4 Å². The number of nitrogens with zero attached hydrogens (tertiary/aromatic N) is 2.